The molecule has 2 rings (SSSR count). The van der Waals surface area contributed by atoms with E-state index >= 15 is 0 Å². The van der Waals surface area contributed by atoms with Crippen molar-refractivity contribution in [3.05, 3.63) is 48.0 Å². The number of amides is 2. The van der Waals surface area contributed by atoms with Gasteiger partial charge in [0.1, 0.15) is 0 Å². The Kier molecular flexibility index (Phi) is 4.90. The molecule has 0 saturated heterocycles. The van der Waals surface area contributed by atoms with E-state index in [-0.39, 0.29) is 6.54 Å². The van der Waals surface area contributed by atoms with Gasteiger partial charge in [0, 0.05) is 13.6 Å². The predicted molar refractivity (Wildman–Crippen MR) is 80.6 cm³/mol. The van der Waals surface area contributed by atoms with Gasteiger partial charge in [-0.25, -0.2) is 0 Å². The zero-order valence-electron chi connectivity index (χ0n) is 11.8. The Labute approximate surface area is 123 Å². The third-order valence-electron chi connectivity index (χ3n) is 3.32. The van der Waals surface area contributed by atoms with Crippen LogP contribution in [0.15, 0.2) is 42.5 Å². The van der Waals surface area contributed by atoms with Crippen molar-refractivity contribution in [3.63, 3.8) is 0 Å². The Morgan fingerprint density at radius 1 is 1.10 bits per heavy atom. The van der Waals surface area contributed by atoms with Crippen LogP contribution >= 0.6 is 0 Å². The molecule has 1 unspecified atom stereocenters. The maximum absolute atomic E-state index is 11.3. The van der Waals surface area contributed by atoms with E-state index in [2.05, 4.69) is 10.6 Å². The number of hydrogen-bond donors (Lipinski definition) is 3. The fourth-order valence-corrected chi connectivity index (χ4v) is 2.21. The highest BCUT2D eigenvalue weighted by molar-refractivity contribution is 6.34. The summed E-state index contributed by atoms with van der Waals surface area (Å²) < 4.78 is 0. The average molecular weight is 286 g/mol. The van der Waals surface area contributed by atoms with E-state index in [9.17, 15) is 14.7 Å². The van der Waals surface area contributed by atoms with Gasteiger partial charge in [0.2, 0.25) is 0 Å². The Bertz CT molecular complexity index is 650. The van der Waals surface area contributed by atoms with E-state index in [1.165, 1.54) is 7.05 Å². The van der Waals surface area contributed by atoms with Crippen LogP contribution in [0.4, 0.5) is 0 Å². The van der Waals surface area contributed by atoms with E-state index in [0.717, 1.165) is 16.3 Å². The molecule has 0 saturated carbocycles. The van der Waals surface area contributed by atoms with Gasteiger partial charge in [0.25, 0.3) is 0 Å². The van der Waals surface area contributed by atoms with Gasteiger partial charge in [-0.3, -0.25) is 9.59 Å². The van der Waals surface area contributed by atoms with Gasteiger partial charge in [-0.05, 0) is 22.8 Å². The Morgan fingerprint density at radius 3 is 2.57 bits per heavy atom. The first-order chi connectivity index (χ1) is 10.1. The third-order valence-corrected chi connectivity index (χ3v) is 3.32. The molecule has 3 N–H and O–H groups in total. The van der Waals surface area contributed by atoms with Crippen molar-refractivity contribution in [2.24, 2.45) is 0 Å². The summed E-state index contributed by atoms with van der Waals surface area (Å²) in [5.74, 6) is -1.38. The molecular weight excluding hydrogens is 268 g/mol. The van der Waals surface area contributed by atoms with Gasteiger partial charge in [0.15, 0.2) is 0 Å². The molecular formula is C16H18N2O3. The number of aliphatic hydroxyl groups is 1. The number of carbonyl (C=O) groups excluding carboxylic acids is 2. The lowest BCUT2D eigenvalue weighted by Crippen LogP contribution is -2.38. The first-order valence-corrected chi connectivity index (χ1v) is 6.79. The minimum atomic E-state index is -0.693. The topological polar surface area (TPSA) is 78.4 Å². The summed E-state index contributed by atoms with van der Waals surface area (Å²) in [6, 6.07) is 13.6. The summed E-state index contributed by atoms with van der Waals surface area (Å²) >= 11 is 0. The van der Waals surface area contributed by atoms with E-state index in [4.69, 9.17) is 0 Å². The molecule has 2 aromatic carbocycles. The van der Waals surface area contributed by atoms with E-state index in [0.29, 0.717) is 6.42 Å². The lowest BCUT2D eigenvalue weighted by Gasteiger charge is -2.14. The molecule has 0 aliphatic rings. The molecule has 0 bridgehead atoms. The zero-order valence-corrected chi connectivity index (χ0v) is 11.8. The largest absolute Gasteiger partial charge is 0.388 e. The molecule has 0 fully saturated rings. The second-order valence-electron chi connectivity index (χ2n) is 4.71. The normalized spacial score (nSPS) is 11.9. The summed E-state index contributed by atoms with van der Waals surface area (Å²) in [4.78, 5) is 22.3. The second kappa shape index (κ2) is 6.85. The smallest absolute Gasteiger partial charge is 0.309 e. The van der Waals surface area contributed by atoms with Crippen LogP contribution < -0.4 is 10.6 Å². The highest BCUT2D eigenvalue weighted by Crippen LogP contribution is 2.25. The Hall–Kier alpha value is -2.40. The van der Waals surface area contributed by atoms with Crippen LogP contribution in [0.2, 0.25) is 0 Å². The van der Waals surface area contributed by atoms with E-state index in [1.807, 2.05) is 42.5 Å². The van der Waals surface area contributed by atoms with Crippen molar-refractivity contribution in [1.29, 1.82) is 0 Å². The molecule has 2 aromatic rings. The van der Waals surface area contributed by atoms with Crippen LogP contribution in [0, 0.1) is 0 Å². The van der Waals surface area contributed by atoms with E-state index < -0.39 is 17.9 Å². The summed E-state index contributed by atoms with van der Waals surface area (Å²) in [6.07, 6.45) is -0.349. The number of hydrogen-bond acceptors (Lipinski definition) is 3. The van der Waals surface area contributed by atoms with Gasteiger partial charge < -0.3 is 15.7 Å². The molecule has 0 radical (unpaired) electrons. The molecule has 0 aromatic heterocycles. The summed E-state index contributed by atoms with van der Waals surface area (Å²) in [5, 5.41) is 17.0. The van der Waals surface area contributed by atoms with Crippen molar-refractivity contribution in [2.45, 2.75) is 12.5 Å². The van der Waals surface area contributed by atoms with Crippen molar-refractivity contribution in [2.75, 3.05) is 13.6 Å². The molecule has 0 aliphatic heterocycles. The number of rotatable bonds is 4. The van der Waals surface area contributed by atoms with Crippen LogP contribution in [-0.2, 0) is 9.59 Å². The standard InChI is InChI=1S/C16H18N2O3/c1-17-15(20)16(21)18-10-9-14(19)13-8-4-6-11-5-2-3-7-12(11)13/h2-8,14,19H,9-10H2,1H3,(H,17,20)(H,18,21). The van der Waals surface area contributed by atoms with Gasteiger partial charge >= 0.3 is 11.8 Å². The molecule has 110 valence electrons. The van der Waals surface area contributed by atoms with Crippen LogP contribution in [0.25, 0.3) is 10.8 Å². The Balaban J connectivity index is 2.01. The quantitative estimate of drug-likeness (QED) is 0.737. The summed E-state index contributed by atoms with van der Waals surface area (Å²) in [6.45, 7) is 0.233. The van der Waals surface area contributed by atoms with Crippen molar-refractivity contribution < 1.29 is 14.7 Å². The second-order valence-corrected chi connectivity index (χ2v) is 4.71. The fraction of sp³-hybridized carbons (Fsp3) is 0.250. The zero-order chi connectivity index (χ0) is 15.2. The molecule has 0 spiro atoms. The molecule has 1 atom stereocenters. The van der Waals surface area contributed by atoms with Crippen LogP contribution in [0.5, 0.6) is 0 Å². The average Bonchev–Trinajstić information content (AvgIpc) is 2.53. The maximum atomic E-state index is 11.3. The molecule has 0 aliphatic carbocycles. The van der Waals surface area contributed by atoms with Crippen LogP contribution in [0.3, 0.4) is 0 Å². The van der Waals surface area contributed by atoms with Gasteiger partial charge in [0.05, 0.1) is 6.10 Å². The molecule has 5 heteroatoms. The highest BCUT2D eigenvalue weighted by atomic mass is 16.3. The minimum absolute atomic E-state index is 0.233. The van der Waals surface area contributed by atoms with Gasteiger partial charge in [-0.15, -0.1) is 0 Å². The number of benzene rings is 2. The molecule has 5 nitrogen and oxygen atoms in total. The van der Waals surface area contributed by atoms with Crippen molar-refractivity contribution >= 4 is 22.6 Å². The first-order valence-electron chi connectivity index (χ1n) is 6.79. The number of fused-ring (bicyclic) bond motifs is 1. The fourth-order valence-electron chi connectivity index (χ4n) is 2.21. The van der Waals surface area contributed by atoms with E-state index in [1.54, 1.807) is 0 Å². The minimum Gasteiger partial charge on any atom is -0.388 e. The lowest BCUT2D eigenvalue weighted by molar-refractivity contribution is -0.138. The number of nitrogens with one attached hydrogen (secondary N) is 2. The monoisotopic (exact) mass is 286 g/mol. The van der Waals surface area contributed by atoms with Gasteiger partial charge in [-0.1, -0.05) is 42.5 Å². The Morgan fingerprint density at radius 2 is 1.81 bits per heavy atom. The third kappa shape index (κ3) is 3.58. The maximum Gasteiger partial charge on any atom is 0.309 e. The first kappa shape index (κ1) is 15.0. The number of carbonyl (C=O) groups is 2. The van der Waals surface area contributed by atoms with Crippen molar-refractivity contribution in [1.82, 2.24) is 10.6 Å². The van der Waals surface area contributed by atoms with Crippen LogP contribution in [0.1, 0.15) is 18.1 Å². The van der Waals surface area contributed by atoms with Gasteiger partial charge in [-0.2, -0.15) is 0 Å². The molecule has 2 amide bonds. The van der Waals surface area contributed by atoms with Crippen LogP contribution in [-0.4, -0.2) is 30.5 Å². The summed E-state index contributed by atoms with van der Waals surface area (Å²) in [5.41, 5.74) is 0.822. The number of likely N-dealkylation sites (N-methyl/N-ethyl adjacent to an activating group) is 1. The summed E-state index contributed by atoms with van der Waals surface area (Å²) in [7, 11) is 1.40. The highest BCUT2D eigenvalue weighted by Gasteiger charge is 2.13. The lowest BCUT2D eigenvalue weighted by atomic mass is 9.99. The molecule has 0 heterocycles. The van der Waals surface area contributed by atoms with Crippen molar-refractivity contribution in [3.8, 4) is 0 Å². The predicted octanol–water partition coefficient (Wildman–Crippen LogP) is 1.13. The number of aliphatic hydroxyl groups excluding tert-OH is 1. The molecule has 21 heavy (non-hydrogen) atoms. The SMILES string of the molecule is CNC(=O)C(=O)NCCC(O)c1cccc2ccccc12.